The summed E-state index contributed by atoms with van der Waals surface area (Å²) in [6.07, 6.45) is 4.03. The van der Waals surface area contributed by atoms with Crippen molar-refractivity contribution >= 4 is 0 Å². The van der Waals surface area contributed by atoms with E-state index < -0.39 is 0 Å². The first-order valence-electron chi connectivity index (χ1n) is 7.76. The second kappa shape index (κ2) is 6.09. The lowest BCUT2D eigenvalue weighted by molar-refractivity contribution is 0.356. The van der Waals surface area contributed by atoms with Gasteiger partial charge >= 0.3 is 0 Å². The molecule has 0 heterocycles. The van der Waals surface area contributed by atoms with E-state index in [1.165, 1.54) is 24.8 Å². The quantitative estimate of drug-likeness (QED) is 0.815. The minimum absolute atomic E-state index is 0.539. The van der Waals surface area contributed by atoms with Gasteiger partial charge in [0, 0.05) is 12.6 Å². The lowest BCUT2D eigenvalue weighted by Gasteiger charge is -2.25. The van der Waals surface area contributed by atoms with Crippen LogP contribution in [0.15, 0.2) is 30.3 Å². The third kappa shape index (κ3) is 4.07. The Balaban J connectivity index is 1.92. The van der Waals surface area contributed by atoms with E-state index in [-0.39, 0.29) is 0 Å². The third-order valence-electron chi connectivity index (χ3n) is 4.63. The maximum Gasteiger partial charge on any atom is 0.00725 e. The van der Waals surface area contributed by atoms with E-state index in [4.69, 9.17) is 0 Å². The summed E-state index contributed by atoms with van der Waals surface area (Å²) in [7, 11) is 0. The van der Waals surface area contributed by atoms with Gasteiger partial charge in [0.15, 0.2) is 0 Å². The van der Waals surface area contributed by atoms with Gasteiger partial charge in [-0.05, 0) is 42.1 Å². The van der Waals surface area contributed by atoms with Crippen LogP contribution in [0.25, 0.3) is 0 Å². The van der Waals surface area contributed by atoms with Crippen LogP contribution in [0.5, 0.6) is 0 Å². The Kier molecular flexibility index (Phi) is 4.67. The van der Waals surface area contributed by atoms with E-state index in [0.29, 0.717) is 17.3 Å². The number of hydrogen-bond donors (Lipinski definition) is 1. The molecule has 106 valence electrons. The first kappa shape index (κ1) is 14.6. The molecule has 1 aromatic rings. The minimum atomic E-state index is 0.539. The maximum absolute atomic E-state index is 3.82. The van der Waals surface area contributed by atoms with Gasteiger partial charge in [-0.15, -0.1) is 0 Å². The molecule has 1 aliphatic rings. The number of hydrogen-bond acceptors (Lipinski definition) is 1. The predicted molar refractivity (Wildman–Crippen MR) is 83.4 cm³/mol. The van der Waals surface area contributed by atoms with Gasteiger partial charge < -0.3 is 5.32 Å². The molecule has 2 atom stereocenters. The SMILES string of the molecule is CC(C)C(CNC1CCC(C)(C)C1)c1ccccc1. The van der Waals surface area contributed by atoms with Crippen molar-refractivity contribution in [2.24, 2.45) is 11.3 Å². The molecule has 2 unspecified atom stereocenters. The largest absolute Gasteiger partial charge is 0.313 e. The van der Waals surface area contributed by atoms with E-state index in [1.54, 1.807) is 0 Å². The van der Waals surface area contributed by atoms with Crippen molar-refractivity contribution in [1.29, 1.82) is 0 Å². The van der Waals surface area contributed by atoms with Gasteiger partial charge in [0.1, 0.15) is 0 Å². The molecular formula is C18H29N. The van der Waals surface area contributed by atoms with Crippen LogP contribution in [0.1, 0.15) is 58.4 Å². The van der Waals surface area contributed by atoms with Crippen molar-refractivity contribution < 1.29 is 0 Å². The average Bonchev–Trinajstić information content (AvgIpc) is 2.70. The summed E-state index contributed by atoms with van der Waals surface area (Å²) in [6, 6.07) is 11.7. The minimum Gasteiger partial charge on any atom is -0.313 e. The molecule has 2 rings (SSSR count). The fraction of sp³-hybridized carbons (Fsp3) is 0.667. The molecule has 1 nitrogen and oxygen atoms in total. The van der Waals surface area contributed by atoms with Crippen molar-refractivity contribution in [2.75, 3.05) is 6.54 Å². The molecule has 1 N–H and O–H groups in total. The van der Waals surface area contributed by atoms with E-state index >= 15 is 0 Å². The van der Waals surface area contributed by atoms with Crippen molar-refractivity contribution in [3.05, 3.63) is 35.9 Å². The molecule has 1 fully saturated rings. The molecule has 0 bridgehead atoms. The van der Waals surface area contributed by atoms with E-state index in [1.807, 2.05) is 0 Å². The number of rotatable bonds is 5. The van der Waals surface area contributed by atoms with Crippen LogP contribution in [-0.4, -0.2) is 12.6 Å². The Labute approximate surface area is 118 Å². The Bertz CT molecular complexity index is 380. The Morgan fingerprint density at radius 1 is 1.21 bits per heavy atom. The summed E-state index contributed by atoms with van der Waals surface area (Å²) in [5, 5.41) is 3.82. The molecule has 0 amide bonds. The zero-order valence-corrected chi connectivity index (χ0v) is 12.9. The second-order valence-electron chi connectivity index (χ2n) is 7.27. The predicted octanol–water partition coefficient (Wildman–Crippen LogP) is 4.59. The topological polar surface area (TPSA) is 12.0 Å². The second-order valence-corrected chi connectivity index (χ2v) is 7.27. The summed E-state index contributed by atoms with van der Waals surface area (Å²) >= 11 is 0. The third-order valence-corrected chi connectivity index (χ3v) is 4.63. The molecule has 0 radical (unpaired) electrons. The van der Waals surface area contributed by atoms with Crippen LogP contribution >= 0.6 is 0 Å². The molecule has 0 saturated heterocycles. The molecule has 1 heteroatoms. The highest BCUT2D eigenvalue weighted by Gasteiger charge is 2.31. The van der Waals surface area contributed by atoms with Gasteiger partial charge in [-0.2, -0.15) is 0 Å². The van der Waals surface area contributed by atoms with Crippen molar-refractivity contribution in [2.45, 2.75) is 58.9 Å². The first-order chi connectivity index (χ1) is 8.98. The summed E-state index contributed by atoms with van der Waals surface area (Å²) in [5.74, 6) is 1.31. The molecule has 1 saturated carbocycles. The lowest BCUT2D eigenvalue weighted by Crippen LogP contribution is -2.33. The highest BCUT2D eigenvalue weighted by atomic mass is 14.9. The Morgan fingerprint density at radius 2 is 1.89 bits per heavy atom. The van der Waals surface area contributed by atoms with Gasteiger partial charge in [-0.3, -0.25) is 0 Å². The van der Waals surface area contributed by atoms with Crippen LogP contribution in [0.4, 0.5) is 0 Å². The number of benzene rings is 1. The highest BCUT2D eigenvalue weighted by molar-refractivity contribution is 5.20. The van der Waals surface area contributed by atoms with E-state index in [2.05, 4.69) is 63.3 Å². The molecule has 0 aromatic heterocycles. The van der Waals surface area contributed by atoms with Gasteiger partial charge in [-0.25, -0.2) is 0 Å². The van der Waals surface area contributed by atoms with Crippen molar-refractivity contribution in [3.63, 3.8) is 0 Å². The Morgan fingerprint density at radius 3 is 2.42 bits per heavy atom. The van der Waals surface area contributed by atoms with Crippen LogP contribution in [0.3, 0.4) is 0 Å². The summed E-state index contributed by atoms with van der Waals surface area (Å²) in [6.45, 7) is 10.6. The number of nitrogens with one attached hydrogen (secondary N) is 1. The lowest BCUT2D eigenvalue weighted by atomic mass is 9.88. The zero-order chi connectivity index (χ0) is 13.9. The molecule has 0 spiro atoms. The first-order valence-corrected chi connectivity index (χ1v) is 7.76. The van der Waals surface area contributed by atoms with Gasteiger partial charge in [0.25, 0.3) is 0 Å². The Hall–Kier alpha value is -0.820. The van der Waals surface area contributed by atoms with E-state index in [0.717, 1.165) is 12.6 Å². The molecule has 1 aliphatic carbocycles. The summed E-state index contributed by atoms with van der Waals surface area (Å²) in [5.41, 5.74) is 2.01. The van der Waals surface area contributed by atoms with Crippen molar-refractivity contribution in [1.82, 2.24) is 5.32 Å². The van der Waals surface area contributed by atoms with Gasteiger partial charge in [-0.1, -0.05) is 58.0 Å². The average molecular weight is 259 g/mol. The van der Waals surface area contributed by atoms with Crippen LogP contribution in [0, 0.1) is 11.3 Å². The normalized spacial score (nSPS) is 23.7. The molecule has 0 aliphatic heterocycles. The molecular weight excluding hydrogens is 230 g/mol. The summed E-state index contributed by atoms with van der Waals surface area (Å²) in [4.78, 5) is 0. The highest BCUT2D eigenvalue weighted by Crippen LogP contribution is 2.37. The van der Waals surface area contributed by atoms with Crippen LogP contribution in [0.2, 0.25) is 0 Å². The maximum atomic E-state index is 3.82. The zero-order valence-electron chi connectivity index (χ0n) is 12.9. The van der Waals surface area contributed by atoms with Crippen LogP contribution in [-0.2, 0) is 0 Å². The fourth-order valence-electron chi connectivity index (χ4n) is 3.34. The summed E-state index contributed by atoms with van der Waals surface area (Å²) < 4.78 is 0. The standard InChI is InChI=1S/C18H29N/c1-14(2)17(15-8-6-5-7-9-15)13-19-16-10-11-18(3,4)12-16/h5-9,14,16-17,19H,10-13H2,1-4H3. The fourth-order valence-corrected chi connectivity index (χ4v) is 3.34. The van der Waals surface area contributed by atoms with Crippen LogP contribution < -0.4 is 5.32 Å². The van der Waals surface area contributed by atoms with Crippen molar-refractivity contribution in [3.8, 4) is 0 Å². The van der Waals surface area contributed by atoms with Gasteiger partial charge in [0.2, 0.25) is 0 Å². The molecule has 19 heavy (non-hydrogen) atoms. The molecule has 1 aromatic carbocycles. The van der Waals surface area contributed by atoms with Gasteiger partial charge in [0.05, 0.1) is 0 Å². The van der Waals surface area contributed by atoms with E-state index in [9.17, 15) is 0 Å². The monoisotopic (exact) mass is 259 g/mol. The smallest absolute Gasteiger partial charge is 0.00725 e.